The SMILES string of the molecule is FC(F)(F)C(F)(F)C(F)(F)C(F)(F)[P-](F)(F)(F)(C(F)(F)C(F)(F)C(F)(F)C(F)(F)F)C(F)(F)C(F)(F)C(F)(F)C(F)(F)F. The summed E-state index contributed by atoms with van der Waals surface area (Å²) in [6.07, 6.45) is -26.8. The predicted molar refractivity (Wildman–Crippen MR) is 72.9 cm³/mol. The molecule has 0 aliphatic carbocycles. The van der Waals surface area contributed by atoms with Crippen LogP contribution in [0.3, 0.4) is 0 Å². The Morgan fingerprint density at radius 3 is 0.419 bits per heavy atom. The van der Waals surface area contributed by atoms with E-state index in [1.807, 2.05) is 0 Å². The van der Waals surface area contributed by atoms with E-state index >= 15 is 0 Å². The van der Waals surface area contributed by atoms with Crippen LogP contribution in [0.15, 0.2) is 0 Å². The molecule has 0 atom stereocenters. The van der Waals surface area contributed by atoms with Gasteiger partial charge in [0, 0.05) is 0 Å². The molecule has 0 fully saturated rings. The van der Waals surface area contributed by atoms with E-state index in [4.69, 9.17) is 0 Å². The van der Waals surface area contributed by atoms with Crippen molar-refractivity contribution in [2.45, 2.75) is 71.1 Å². The van der Waals surface area contributed by atoms with Gasteiger partial charge in [0.05, 0.1) is 0 Å². The van der Waals surface area contributed by atoms with E-state index in [0.717, 1.165) is 0 Å². The Bertz CT molecular complexity index is 947. The van der Waals surface area contributed by atoms with Gasteiger partial charge in [-0.3, -0.25) is 0 Å². The van der Waals surface area contributed by atoms with Crippen molar-refractivity contribution in [1.29, 1.82) is 0 Å². The van der Waals surface area contributed by atoms with Crippen molar-refractivity contribution >= 4 is 6.88 Å². The average Bonchev–Trinajstić information content (AvgIpc) is 2.69. The van der Waals surface area contributed by atoms with Crippen LogP contribution in [0.25, 0.3) is 0 Å². The van der Waals surface area contributed by atoms with E-state index in [1.165, 1.54) is 0 Å². The Morgan fingerprint density at radius 2 is 0.326 bits per heavy atom. The van der Waals surface area contributed by atoms with Crippen LogP contribution in [0.2, 0.25) is 0 Å². The second-order valence-corrected chi connectivity index (χ2v) is 12.1. The van der Waals surface area contributed by atoms with Crippen molar-refractivity contribution in [3.8, 4) is 0 Å². The molecule has 31 heteroatoms. The molecule has 0 spiro atoms. The monoisotopic (exact) mass is 745 g/mol. The topological polar surface area (TPSA) is 0 Å². The van der Waals surface area contributed by atoms with Crippen LogP contribution in [-0.4, -0.2) is 71.1 Å². The van der Waals surface area contributed by atoms with E-state index < -0.39 is 77.9 Å². The van der Waals surface area contributed by atoms with Crippen LogP contribution in [0.5, 0.6) is 0 Å². The van der Waals surface area contributed by atoms with Gasteiger partial charge in [-0.05, 0) is 0 Å². The van der Waals surface area contributed by atoms with Gasteiger partial charge in [-0.1, -0.05) is 0 Å². The van der Waals surface area contributed by atoms with Crippen molar-refractivity contribution < 1.29 is 131 Å². The molecule has 0 aliphatic heterocycles. The average molecular weight is 745 g/mol. The molecule has 264 valence electrons. The van der Waals surface area contributed by atoms with Gasteiger partial charge in [0.2, 0.25) is 0 Å². The van der Waals surface area contributed by atoms with Crippen molar-refractivity contribution in [2.75, 3.05) is 0 Å². The summed E-state index contributed by atoms with van der Waals surface area (Å²) >= 11 is 0. The Balaban J connectivity index is 9.21. The van der Waals surface area contributed by atoms with Crippen molar-refractivity contribution in [1.82, 2.24) is 0 Å². The summed E-state index contributed by atoms with van der Waals surface area (Å²) < 4.78 is 396. The van der Waals surface area contributed by atoms with Crippen LogP contribution in [0.1, 0.15) is 0 Å². The molecule has 0 heterocycles. The van der Waals surface area contributed by atoms with Gasteiger partial charge in [-0.25, -0.2) is 0 Å². The summed E-state index contributed by atoms with van der Waals surface area (Å²) in [6, 6.07) is 0. The molecular formula is C12F30P-. The minimum absolute atomic E-state index is 8.94. The van der Waals surface area contributed by atoms with Gasteiger partial charge in [0.25, 0.3) is 0 Å². The second-order valence-electron chi connectivity index (χ2n) is 7.85. The predicted octanol–water partition coefficient (Wildman–Crippen LogP) is 11.0. The van der Waals surface area contributed by atoms with Gasteiger partial charge in [-0.15, -0.1) is 0 Å². The third-order valence-corrected chi connectivity index (χ3v) is 9.62. The molecule has 0 aliphatic rings. The van der Waals surface area contributed by atoms with Crippen LogP contribution in [0.4, 0.5) is 131 Å². The first kappa shape index (κ1) is 41.3. The first-order valence-corrected chi connectivity index (χ1v) is 10.9. The molecule has 0 aromatic carbocycles. The molecule has 0 amide bonds. The normalized spacial score (nSPS) is 18.8. The zero-order valence-corrected chi connectivity index (χ0v) is 18.7. The van der Waals surface area contributed by atoms with Gasteiger partial charge >= 0.3 is 209 Å². The van der Waals surface area contributed by atoms with Crippen LogP contribution >= 0.6 is 6.88 Å². The second kappa shape index (κ2) is 8.57. The fourth-order valence-electron chi connectivity index (χ4n) is 2.53. The molecule has 0 radical (unpaired) electrons. The summed E-state index contributed by atoms with van der Waals surface area (Å²) in [5.74, 6) is -60.9. The number of alkyl halides is 27. The molecule has 0 N–H and O–H groups in total. The number of hydrogen-bond donors (Lipinski definition) is 0. The van der Waals surface area contributed by atoms with Crippen molar-refractivity contribution in [3.63, 3.8) is 0 Å². The standard InChI is InChI=1S/C12F30P/c13-1(14,7(25,26)27)4(19,20)10(34,35)43(40,41,42,11(36,37)5(21,22)2(15,16)8(28,29)30)12(38,39)6(23,24)3(17,18)9(31,32)33/q-1. The summed E-state index contributed by atoms with van der Waals surface area (Å²) in [5, 5.41) is 0. The van der Waals surface area contributed by atoms with E-state index in [2.05, 4.69) is 0 Å². The summed E-state index contributed by atoms with van der Waals surface area (Å²) in [4.78, 5) is 0. The first-order chi connectivity index (χ1) is 17.6. The fraction of sp³-hybridized carbons (Fsp3) is 1.00. The summed E-state index contributed by atoms with van der Waals surface area (Å²) in [5.41, 5.74) is -35.1. The molecule has 0 aromatic rings. The molecule has 0 saturated carbocycles. The summed E-state index contributed by atoms with van der Waals surface area (Å²) in [7, 11) is 0. The van der Waals surface area contributed by atoms with E-state index in [9.17, 15) is 131 Å². The zero-order chi connectivity index (χ0) is 36.4. The van der Waals surface area contributed by atoms with Crippen LogP contribution in [0, 0.1) is 0 Å². The van der Waals surface area contributed by atoms with Gasteiger partial charge < -0.3 is 0 Å². The van der Waals surface area contributed by atoms with E-state index in [1.54, 1.807) is 0 Å². The molecule has 0 saturated heterocycles. The molecule has 0 rings (SSSR count). The van der Waals surface area contributed by atoms with Gasteiger partial charge in [0.15, 0.2) is 0 Å². The molecule has 43 heavy (non-hydrogen) atoms. The number of hydrogen-bond acceptors (Lipinski definition) is 0. The third-order valence-electron chi connectivity index (χ3n) is 5.18. The maximum absolute atomic E-state index is 17.5. The van der Waals surface area contributed by atoms with Crippen molar-refractivity contribution in [3.05, 3.63) is 0 Å². The Hall–Kier alpha value is -1.67. The Morgan fingerprint density at radius 1 is 0.209 bits per heavy atom. The number of halogens is 30. The van der Waals surface area contributed by atoms with Crippen LogP contribution < -0.4 is 0 Å². The fourth-order valence-corrected chi connectivity index (χ4v) is 5.81. The Kier molecular flexibility index (Phi) is 8.24. The summed E-state index contributed by atoms with van der Waals surface area (Å²) in [6.45, 7) is -17.5. The number of rotatable bonds is 9. The molecular weight excluding hydrogens is 745 g/mol. The van der Waals surface area contributed by atoms with Gasteiger partial charge in [0.1, 0.15) is 0 Å². The zero-order valence-electron chi connectivity index (χ0n) is 17.8. The minimum atomic E-state index is -17.5. The molecule has 0 aromatic heterocycles. The van der Waals surface area contributed by atoms with E-state index in [-0.39, 0.29) is 0 Å². The first-order valence-electron chi connectivity index (χ1n) is 8.53. The Labute approximate surface area is 210 Å². The molecule has 0 bridgehead atoms. The van der Waals surface area contributed by atoms with Gasteiger partial charge in [-0.2, -0.15) is 0 Å². The quantitative estimate of drug-likeness (QED) is 0.163. The maximum atomic E-state index is 14.8. The van der Waals surface area contributed by atoms with Crippen LogP contribution in [-0.2, 0) is 0 Å². The molecule has 0 unspecified atom stereocenters. The van der Waals surface area contributed by atoms with Crippen molar-refractivity contribution in [2.24, 2.45) is 0 Å². The third kappa shape index (κ3) is 3.83. The van der Waals surface area contributed by atoms with E-state index in [0.29, 0.717) is 0 Å². The molecule has 0 nitrogen and oxygen atoms in total.